The number of carbonyl (C=O) groups excluding carboxylic acids is 1. The third-order valence-electron chi connectivity index (χ3n) is 1.68. The maximum absolute atomic E-state index is 11.1. The van der Waals surface area contributed by atoms with Crippen LogP contribution in [0.3, 0.4) is 0 Å². The zero-order valence-corrected chi connectivity index (χ0v) is 8.68. The predicted molar refractivity (Wildman–Crippen MR) is 55.9 cm³/mol. The number of pyridine rings is 1. The Morgan fingerprint density at radius 2 is 2.07 bits per heavy atom. The molecule has 0 fully saturated rings. The Kier molecular flexibility index (Phi) is 3.79. The molecule has 2 N–H and O–H groups in total. The monoisotopic (exact) mass is 207 g/mol. The van der Waals surface area contributed by atoms with E-state index in [9.17, 15) is 4.79 Å². The lowest BCUT2D eigenvalue weighted by Gasteiger charge is -2.02. The second kappa shape index (κ2) is 5.09. The summed E-state index contributed by atoms with van der Waals surface area (Å²) >= 11 is 0. The van der Waals surface area contributed by atoms with Crippen LogP contribution in [-0.2, 0) is 9.63 Å². The summed E-state index contributed by atoms with van der Waals surface area (Å²) in [6.45, 7) is 3.45. The molecule has 1 rings (SSSR count). The van der Waals surface area contributed by atoms with E-state index in [-0.39, 0.29) is 11.8 Å². The van der Waals surface area contributed by atoms with E-state index >= 15 is 0 Å². The third kappa shape index (κ3) is 3.38. The van der Waals surface area contributed by atoms with Gasteiger partial charge in [0.25, 0.3) is 0 Å². The molecule has 0 saturated carbocycles. The molecule has 80 valence electrons. The number of hydrogen-bond donors (Lipinski definition) is 1. The van der Waals surface area contributed by atoms with Gasteiger partial charge in [0.1, 0.15) is 0 Å². The van der Waals surface area contributed by atoms with Crippen molar-refractivity contribution >= 4 is 11.8 Å². The quantitative estimate of drug-likeness (QED) is 0.346. The Labute approximate surface area is 87.9 Å². The van der Waals surface area contributed by atoms with Crippen LogP contribution in [0.1, 0.15) is 19.4 Å². The van der Waals surface area contributed by atoms with Crippen molar-refractivity contribution in [2.45, 2.75) is 13.8 Å². The molecule has 5 nitrogen and oxygen atoms in total. The molecular weight excluding hydrogens is 194 g/mol. The largest absolute Gasteiger partial charge is 0.380 e. The number of aromatic nitrogens is 1. The van der Waals surface area contributed by atoms with Gasteiger partial charge < -0.3 is 10.6 Å². The molecule has 0 aliphatic heterocycles. The van der Waals surface area contributed by atoms with Crippen molar-refractivity contribution in [1.29, 1.82) is 0 Å². The summed E-state index contributed by atoms with van der Waals surface area (Å²) in [7, 11) is 0. The van der Waals surface area contributed by atoms with Gasteiger partial charge in [0.2, 0.25) is 0 Å². The van der Waals surface area contributed by atoms with Crippen LogP contribution in [0.2, 0.25) is 0 Å². The van der Waals surface area contributed by atoms with Gasteiger partial charge in [-0.2, -0.15) is 0 Å². The van der Waals surface area contributed by atoms with Crippen LogP contribution < -0.4 is 5.73 Å². The first-order chi connectivity index (χ1) is 7.11. The number of nitrogens with zero attached hydrogens (tertiary/aromatic N) is 2. The maximum Gasteiger partial charge on any atom is 0.337 e. The van der Waals surface area contributed by atoms with E-state index in [4.69, 9.17) is 5.73 Å². The van der Waals surface area contributed by atoms with Gasteiger partial charge in [-0.15, -0.1) is 0 Å². The molecule has 0 atom stereocenters. The summed E-state index contributed by atoms with van der Waals surface area (Å²) in [5.41, 5.74) is 6.26. The summed E-state index contributed by atoms with van der Waals surface area (Å²) in [6.07, 6.45) is 3.17. The van der Waals surface area contributed by atoms with E-state index in [1.54, 1.807) is 38.4 Å². The van der Waals surface area contributed by atoms with Crippen molar-refractivity contribution in [3.05, 3.63) is 30.1 Å². The van der Waals surface area contributed by atoms with Crippen LogP contribution in [0.5, 0.6) is 0 Å². The number of nitrogens with two attached hydrogens (primary N) is 1. The lowest BCUT2D eigenvalue weighted by molar-refractivity contribution is -0.147. The number of carbonyl (C=O) groups is 1. The van der Waals surface area contributed by atoms with Gasteiger partial charge in [-0.1, -0.05) is 19.0 Å². The molecule has 0 amide bonds. The molecule has 1 heterocycles. The number of amidine groups is 1. The highest BCUT2D eigenvalue weighted by molar-refractivity contribution is 5.97. The summed E-state index contributed by atoms with van der Waals surface area (Å²) in [5, 5.41) is 3.53. The molecular formula is C10H13N3O2. The number of rotatable bonds is 3. The van der Waals surface area contributed by atoms with Crippen molar-refractivity contribution in [2.24, 2.45) is 16.8 Å². The molecule has 0 aromatic carbocycles. The molecule has 0 bridgehead atoms. The average molecular weight is 207 g/mol. The van der Waals surface area contributed by atoms with E-state index < -0.39 is 5.97 Å². The third-order valence-corrected chi connectivity index (χ3v) is 1.68. The Morgan fingerprint density at radius 1 is 1.47 bits per heavy atom. The van der Waals surface area contributed by atoms with Crippen LogP contribution in [0.15, 0.2) is 29.7 Å². The molecule has 0 unspecified atom stereocenters. The summed E-state index contributed by atoms with van der Waals surface area (Å²) in [6, 6.07) is 3.37. The van der Waals surface area contributed by atoms with Crippen molar-refractivity contribution in [3.8, 4) is 0 Å². The first-order valence-electron chi connectivity index (χ1n) is 4.56. The highest BCUT2D eigenvalue weighted by Gasteiger charge is 2.08. The van der Waals surface area contributed by atoms with Gasteiger partial charge in [-0.3, -0.25) is 4.98 Å². The lowest BCUT2D eigenvalue weighted by atomic mass is 10.2. The molecule has 0 spiro atoms. The van der Waals surface area contributed by atoms with Gasteiger partial charge in [0.15, 0.2) is 5.84 Å². The molecule has 5 heteroatoms. The average Bonchev–Trinajstić information content (AvgIpc) is 2.26. The molecule has 0 aliphatic rings. The smallest absolute Gasteiger partial charge is 0.337 e. The fraction of sp³-hybridized carbons (Fsp3) is 0.300. The number of hydrogen-bond acceptors (Lipinski definition) is 4. The van der Waals surface area contributed by atoms with E-state index in [0.29, 0.717) is 5.56 Å². The van der Waals surface area contributed by atoms with Crippen molar-refractivity contribution < 1.29 is 9.63 Å². The first kappa shape index (κ1) is 11.2. The molecule has 1 aromatic rings. The van der Waals surface area contributed by atoms with Gasteiger partial charge >= 0.3 is 5.97 Å². The molecule has 0 saturated heterocycles. The van der Waals surface area contributed by atoms with E-state index in [1.165, 1.54) is 0 Å². The van der Waals surface area contributed by atoms with Gasteiger partial charge in [-0.25, -0.2) is 4.79 Å². The Balaban J connectivity index is 2.65. The van der Waals surface area contributed by atoms with Gasteiger partial charge in [-0.05, 0) is 12.1 Å². The van der Waals surface area contributed by atoms with Crippen molar-refractivity contribution in [2.75, 3.05) is 0 Å². The van der Waals surface area contributed by atoms with E-state index in [1.807, 2.05) is 0 Å². The molecule has 15 heavy (non-hydrogen) atoms. The zero-order valence-electron chi connectivity index (χ0n) is 8.68. The Hall–Kier alpha value is -1.91. The Bertz CT molecular complexity index is 360. The predicted octanol–water partition coefficient (Wildman–Crippen LogP) is 0.901. The minimum absolute atomic E-state index is 0.159. The summed E-state index contributed by atoms with van der Waals surface area (Å²) in [4.78, 5) is 19.5. The van der Waals surface area contributed by atoms with Crippen molar-refractivity contribution in [3.63, 3.8) is 0 Å². The number of oxime groups is 1. The molecule has 1 aromatic heterocycles. The van der Waals surface area contributed by atoms with Crippen LogP contribution in [-0.4, -0.2) is 16.8 Å². The lowest BCUT2D eigenvalue weighted by Crippen LogP contribution is -2.16. The standard InChI is InChI=1S/C10H13N3O2/c1-7(2)10(14)15-13-9(11)8-3-5-12-6-4-8/h3-7H,1-2H3,(H2,11,13). The SMILES string of the molecule is CC(C)C(=O)O/N=C(/N)c1ccncc1. The van der Waals surface area contributed by atoms with Crippen LogP contribution in [0.4, 0.5) is 0 Å². The molecule has 0 aliphatic carbocycles. The minimum Gasteiger partial charge on any atom is -0.380 e. The van der Waals surface area contributed by atoms with Gasteiger partial charge in [0.05, 0.1) is 5.92 Å². The van der Waals surface area contributed by atoms with E-state index in [0.717, 1.165) is 0 Å². The zero-order chi connectivity index (χ0) is 11.3. The second-order valence-electron chi connectivity index (χ2n) is 3.28. The highest BCUT2D eigenvalue weighted by Crippen LogP contribution is 1.99. The van der Waals surface area contributed by atoms with Crippen molar-refractivity contribution in [1.82, 2.24) is 4.98 Å². The van der Waals surface area contributed by atoms with E-state index in [2.05, 4.69) is 15.0 Å². The fourth-order valence-corrected chi connectivity index (χ4v) is 0.775. The maximum atomic E-state index is 11.1. The summed E-state index contributed by atoms with van der Waals surface area (Å²) in [5.74, 6) is -0.475. The second-order valence-corrected chi connectivity index (χ2v) is 3.28. The minimum atomic E-state index is -0.410. The van der Waals surface area contributed by atoms with Crippen LogP contribution in [0, 0.1) is 5.92 Å². The normalized spacial score (nSPS) is 11.5. The first-order valence-corrected chi connectivity index (χ1v) is 4.56. The van der Waals surface area contributed by atoms with Gasteiger partial charge in [0, 0.05) is 18.0 Å². The molecule has 0 radical (unpaired) electrons. The topological polar surface area (TPSA) is 77.6 Å². The fourth-order valence-electron chi connectivity index (χ4n) is 0.775. The van der Waals surface area contributed by atoms with Crippen LogP contribution in [0.25, 0.3) is 0 Å². The highest BCUT2D eigenvalue weighted by atomic mass is 16.7. The summed E-state index contributed by atoms with van der Waals surface area (Å²) < 4.78 is 0. The Morgan fingerprint density at radius 3 is 2.60 bits per heavy atom. The van der Waals surface area contributed by atoms with Crippen LogP contribution >= 0.6 is 0 Å².